The Bertz CT molecular complexity index is 407. The summed E-state index contributed by atoms with van der Waals surface area (Å²) in [4.78, 5) is 10.9. The number of carbonyl (C=O) groups excluding carboxylic acids is 1. The molecule has 3 N–H and O–H groups in total. The highest BCUT2D eigenvalue weighted by Gasteiger charge is 2.27. The number of hydrogen-bond acceptors (Lipinski definition) is 4. The number of aliphatic hydroxyl groups excluding tert-OH is 1. The van der Waals surface area contributed by atoms with Gasteiger partial charge in [-0.25, -0.2) is 0 Å². The molecule has 0 aromatic heterocycles. The lowest BCUT2D eigenvalue weighted by Gasteiger charge is -2.29. The zero-order chi connectivity index (χ0) is 13.1. The number of nitrogens with two attached hydrogens (primary N) is 1. The van der Waals surface area contributed by atoms with Gasteiger partial charge in [0.1, 0.15) is 5.75 Å². The summed E-state index contributed by atoms with van der Waals surface area (Å²) in [5.74, 6) is 0.108. The van der Waals surface area contributed by atoms with Gasteiger partial charge in [0.2, 0.25) is 0 Å². The normalized spacial score (nSPS) is 12.5. The smallest absolute Gasteiger partial charge is 0.308 e. The van der Waals surface area contributed by atoms with Gasteiger partial charge in [0.25, 0.3) is 0 Å². The molecule has 102 valence electrons. The Kier molecular flexibility index (Phi) is 6.32. The number of esters is 1. The Morgan fingerprint density at radius 1 is 1.50 bits per heavy atom. The molecule has 0 aliphatic rings. The van der Waals surface area contributed by atoms with Crippen molar-refractivity contribution in [3.05, 3.63) is 29.8 Å². The highest BCUT2D eigenvalue weighted by molar-refractivity contribution is 5.85. The summed E-state index contributed by atoms with van der Waals surface area (Å²) < 4.78 is 4.99. The van der Waals surface area contributed by atoms with E-state index in [9.17, 15) is 9.90 Å². The second-order valence-corrected chi connectivity index (χ2v) is 4.79. The maximum atomic E-state index is 10.9. The zero-order valence-corrected chi connectivity index (χ0v) is 11.7. The van der Waals surface area contributed by atoms with Crippen molar-refractivity contribution < 1.29 is 14.6 Å². The third-order valence-electron chi connectivity index (χ3n) is 2.73. The topological polar surface area (TPSA) is 72.5 Å². The summed E-state index contributed by atoms with van der Waals surface area (Å²) in [5.41, 5.74) is 6.50. The first kappa shape index (κ1) is 16.9. The molecule has 0 fully saturated rings. The standard InChI is InChI=1S/C13H19NO3.ClH/c1-9(16)17-11-6-4-5-10(7-11)12(14)13(2,3)8-15;/h4-7,12,15H,8,14H2,1-3H3;1H/t12-;/m1./s1. The van der Waals surface area contributed by atoms with Crippen molar-refractivity contribution in [2.45, 2.75) is 26.8 Å². The first-order chi connectivity index (χ1) is 7.86. The number of aliphatic hydroxyl groups is 1. The summed E-state index contributed by atoms with van der Waals surface area (Å²) in [6, 6.07) is 6.74. The van der Waals surface area contributed by atoms with Gasteiger partial charge in [0.05, 0.1) is 0 Å². The summed E-state index contributed by atoms with van der Waals surface area (Å²) in [7, 11) is 0. The molecule has 1 rings (SSSR count). The first-order valence-corrected chi connectivity index (χ1v) is 5.51. The lowest BCUT2D eigenvalue weighted by molar-refractivity contribution is -0.131. The summed E-state index contributed by atoms with van der Waals surface area (Å²) in [6.07, 6.45) is 0. The number of halogens is 1. The van der Waals surface area contributed by atoms with E-state index < -0.39 is 5.41 Å². The molecular formula is C13H20ClNO3. The number of hydrogen-bond donors (Lipinski definition) is 2. The Morgan fingerprint density at radius 2 is 2.11 bits per heavy atom. The van der Waals surface area contributed by atoms with Crippen molar-refractivity contribution in [3.63, 3.8) is 0 Å². The SMILES string of the molecule is CC(=O)Oc1cccc([C@@H](N)C(C)(C)CO)c1.Cl. The van der Waals surface area contributed by atoms with Crippen LogP contribution in [0.4, 0.5) is 0 Å². The van der Waals surface area contributed by atoms with Crippen LogP contribution < -0.4 is 10.5 Å². The lowest BCUT2D eigenvalue weighted by atomic mass is 9.82. The number of benzene rings is 1. The number of carbonyl (C=O) groups is 1. The first-order valence-electron chi connectivity index (χ1n) is 5.51. The fourth-order valence-corrected chi connectivity index (χ4v) is 1.49. The van der Waals surface area contributed by atoms with Crippen LogP contribution in [0, 0.1) is 5.41 Å². The largest absolute Gasteiger partial charge is 0.427 e. The summed E-state index contributed by atoms with van der Waals surface area (Å²) in [5, 5.41) is 9.28. The Morgan fingerprint density at radius 3 is 2.61 bits per heavy atom. The highest BCUT2D eigenvalue weighted by atomic mass is 35.5. The molecule has 1 atom stereocenters. The van der Waals surface area contributed by atoms with E-state index in [4.69, 9.17) is 10.5 Å². The van der Waals surface area contributed by atoms with Crippen molar-refractivity contribution in [2.75, 3.05) is 6.61 Å². The fraction of sp³-hybridized carbons (Fsp3) is 0.462. The van der Waals surface area contributed by atoms with Crippen LogP contribution in [0.1, 0.15) is 32.4 Å². The van der Waals surface area contributed by atoms with Crippen LogP contribution in [0.25, 0.3) is 0 Å². The molecule has 5 heteroatoms. The van der Waals surface area contributed by atoms with Gasteiger partial charge in [-0.05, 0) is 17.7 Å². The van der Waals surface area contributed by atoms with Crippen LogP contribution in [0.5, 0.6) is 5.75 Å². The van der Waals surface area contributed by atoms with Crippen LogP contribution in [0.15, 0.2) is 24.3 Å². The minimum Gasteiger partial charge on any atom is -0.427 e. The molecule has 0 aliphatic carbocycles. The van der Waals surface area contributed by atoms with E-state index in [1.807, 2.05) is 19.9 Å². The minimum atomic E-state index is -0.422. The summed E-state index contributed by atoms with van der Waals surface area (Å²) >= 11 is 0. The number of ether oxygens (including phenoxy) is 1. The second kappa shape index (κ2) is 6.73. The van der Waals surface area contributed by atoms with E-state index in [2.05, 4.69) is 0 Å². The van der Waals surface area contributed by atoms with Gasteiger partial charge in [0, 0.05) is 25.0 Å². The van der Waals surface area contributed by atoms with E-state index in [0.717, 1.165) is 5.56 Å². The van der Waals surface area contributed by atoms with E-state index in [1.54, 1.807) is 18.2 Å². The maximum absolute atomic E-state index is 10.9. The average Bonchev–Trinajstić information content (AvgIpc) is 2.27. The van der Waals surface area contributed by atoms with Gasteiger partial charge < -0.3 is 15.6 Å². The third kappa shape index (κ3) is 4.29. The average molecular weight is 274 g/mol. The van der Waals surface area contributed by atoms with Gasteiger partial charge in [-0.15, -0.1) is 12.4 Å². The van der Waals surface area contributed by atoms with E-state index in [1.165, 1.54) is 6.92 Å². The van der Waals surface area contributed by atoms with Gasteiger partial charge in [-0.3, -0.25) is 4.79 Å². The highest BCUT2D eigenvalue weighted by Crippen LogP contribution is 2.32. The zero-order valence-electron chi connectivity index (χ0n) is 10.8. The molecular weight excluding hydrogens is 254 g/mol. The molecule has 0 heterocycles. The molecule has 4 nitrogen and oxygen atoms in total. The number of rotatable bonds is 4. The van der Waals surface area contributed by atoms with Crippen molar-refractivity contribution in [1.29, 1.82) is 0 Å². The van der Waals surface area contributed by atoms with Crippen molar-refractivity contribution in [2.24, 2.45) is 11.1 Å². The molecule has 0 bridgehead atoms. The van der Waals surface area contributed by atoms with Crippen LogP contribution in [-0.2, 0) is 4.79 Å². The van der Waals surface area contributed by atoms with Gasteiger partial charge in [-0.2, -0.15) is 0 Å². The predicted molar refractivity (Wildman–Crippen MR) is 72.8 cm³/mol. The van der Waals surface area contributed by atoms with E-state index in [0.29, 0.717) is 5.75 Å². The predicted octanol–water partition coefficient (Wildman–Crippen LogP) is 2.05. The molecule has 0 saturated heterocycles. The van der Waals surface area contributed by atoms with Crippen LogP contribution >= 0.6 is 12.4 Å². The molecule has 18 heavy (non-hydrogen) atoms. The van der Waals surface area contributed by atoms with Crippen molar-refractivity contribution in [3.8, 4) is 5.75 Å². The lowest BCUT2D eigenvalue weighted by Crippen LogP contribution is -2.32. The maximum Gasteiger partial charge on any atom is 0.308 e. The molecule has 0 saturated carbocycles. The van der Waals surface area contributed by atoms with Crippen molar-refractivity contribution in [1.82, 2.24) is 0 Å². The Labute approximate surface area is 114 Å². The van der Waals surface area contributed by atoms with Gasteiger partial charge in [-0.1, -0.05) is 26.0 Å². The van der Waals surface area contributed by atoms with Gasteiger partial charge in [0.15, 0.2) is 0 Å². The minimum absolute atomic E-state index is 0. The Hall–Kier alpha value is -1.10. The second-order valence-electron chi connectivity index (χ2n) is 4.79. The molecule has 0 spiro atoms. The van der Waals surface area contributed by atoms with Crippen LogP contribution in [0.2, 0.25) is 0 Å². The molecule has 0 aliphatic heterocycles. The van der Waals surface area contributed by atoms with E-state index in [-0.39, 0.29) is 31.0 Å². The van der Waals surface area contributed by atoms with Crippen molar-refractivity contribution >= 4 is 18.4 Å². The van der Waals surface area contributed by atoms with Crippen LogP contribution in [0.3, 0.4) is 0 Å². The molecule has 0 unspecified atom stereocenters. The van der Waals surface area contributed by atoms with Gasteiger partial charge >= 0.3 is 5.97 Å². The third-order valence-corrected chi connectivity index (χ3v) is 2.73. The molecule has 0 radical (unpaired) electrons. The molecule has 1 aromatic carbocycles. The Balaban J connectivity index is 0.00000289. The monoisotopic (exact) mass is 273 g/mol. The van der Waals surface area contributed by atoms with Crippen LogP contribution in [-0.4, -0.2) is 17.7 Å². The van der Waals surface area contributed by atoms with E-state index >= 15 is 0 Å². The summed E-state index contributed by atoms with van der Waals surface area (Å²) in [6.45, 7) is 5.11. The molecule has 1 aromatic rings. The molecule has 0 amide bonds. The quantitative estimate of drug-likeness (QED) is 0.651. The fourth-order valence-electron chi connectivity index (χ4n) is 1.49.